The van der Waals surface area contributed by atoms with E-state index in [4.69, 9.17) is 4.74 Å². The van der Waals surface area contributed by atoms with Gasteiger partial charge in [0.05, 0.1) is 5.69 Å². The first-order chi connectivity index (χ1) is 14.4. The standard InChI is InChI=1S/C22H24F2N4O2/c1-15-19(8-9-25-22(15)30-13-21(23)24)11-28(14-29)10-17-4-6-18(7-5-17)20-12-27(3)26-16(20)2/h4-9,12,14,21H,10-11,13H2,1-3H3. The molecule has 30 heavy (non-hydrogen) atoms. The minimum Gasteiger partial charge on any atom is -0.471 e. The molecule has 0 atom stereocenters. The normalized spacial score (nSPS) is 11.0. The number of ether oxygens (including phenoxy) is 1. The lowest BCUT2D eigenvalue weighted by molar-refractivity contribution is -0.119. The Hall–Kier alpha value is -3.29. The number of carbonyl (C=O) groups excluding carboxylic acids is 1. The number of carbonyl (C=O) groups is 1. The topological polar surface area (TPSA) is 60.2 Å². The Morgan fingerprint density at radius 3 is 2.50 bits per heavy atom. The maximum atomic E-state index is 12.4. The van der Waals surface area contributed by atoms with Crippen LogP contribution in [0, 0.1) is 13.8 Å². The maximum absolute atomic E-state index is 12.4. The molecule has 0 spiro atoms. The van der Waals surface area contributed by atoms with Crippen LogP contribution in [0.5, 0.6) is 5.88 Å². The molecule has 158 valence electrons. The van der Waals surface area contributed by atoms with Gasteiger partial charge in [-0.25, -0.2) is 13.8 Å². The van der Waals surface area contributed by atoms with Gasteiger partial charge in [-0.05, 0) is 36.6 Å². The first-order valence-electron chi connectivity index (χ1n) is 9.51. The third-order valence-corrected chi connectivity index (χ3v) is 4.80. The zero-order valence-corrected chi connectivity index (χ0v) is 17.2. The summed E-state index contributed by atoms with van der Waals surface area (Å²) in [6.45, 7) is 3.75. The molecule has 0 bridgehead atoms. The van der Waals surface area contributed by atoms with Gasteiger partial charge in [0.2, 0.25) is 12.3 Å². The van der Waals surface area contributed by atoms with Gasteiger partial charge in [0.15, 0.2) is 6.61 Å². The average molecular weight is 414 g/mol. The Kier molecular flexibility index (Phi) is 6.76. The molecule has 0 saturated heterocycles. The molecule has 0 unspecified atom stereocenters. The molecule has 3 rings (SSSR count). The molecular weight excluding hydrogens is 390 g/mol. The highest BCUT2D eigenvalue weighted by molar-refractivity contribution is 5.65. The molecule has 1 aromatic carbocycles. The van der Waals surface area contributed by atoms with Gasteiger partial charge in [0.1, 0.15) is 0 Å². The lowest BCUT2D eigenvalue weighted by atomic mass is 10.0. The molecule has 0 aliphatic carbocycles. The van der Waals surface area contributed by atoms with Gasteiger partial charge >= 0.3 is 0 Å². The molecule has 0 aliphatic rings. The van der Waals surface area contributed by atoms with Crippen LogP contribution in [0.1, 0.15) is 22.4 Å². The van der Waals surface area contributed by atoms with Crippen LogP contribution in [-0.4, -0.2) is 39.1 Å². The van der Waals surface area contributed by atoms with E-state index in [1.807, 2.05) is 44.4 Å². The number of aryl methyl sites for hydroxylation is 2. The Morgan fingerprint density at radius 2 is 1.90 bits per heavy atom. The van der Waals surface area contributed by atoms with Gasteiger partial charge in [0, 0.05) is 43.7 Å². The van der Waals surface area contributed by atoms with Gasteiger partial charge in [-0.3, -0.25) is 9.48 Å². The number of amides is 1. The van der Waals surface area contributed by atoms with Gasteiger partial charge in [-0.15, -0.1) is 0 Å². The van der Waals surface area contributed by atoms with E-state index in [1.54, 1.807) is 22.6 Å². The predicted molar refractivity (Wildman–Crippen MR) is 109 cm³/mol. The van der Waals surface area contributed by atoms with Crippen LogP contribution in [0.3, 0.4) is 0 Å². The van der Waals surface area contributed by atoms with Gasteiger partial charge in [-0.2, -0.15) is 5.10 Å². The quantitative estimate of drug-likeness (QED) is 0.498. The summed E-state index contributed by atoms with van der Waals surface area (Å²) in [6, 6.07) is 9.74. The number of hydrogen-bond acceptors (Lipinski definition) is 4. The zero-order chi connectivity index (χ0) is 21.7. The summed E-state index contributed by atoms with van der Waals surface area (Å²) in [5.41, 5.74) is 5.51. The fourth-order valence-electron chi connectivity index (χ4n) is 3.27. The lowest BCUT2D eigenvalue weighted by Crippen LogP contribution is -2.21. The molecule has 2 aromatic heterocycles. The number of nitrogens with zero attached hydrogens (tertiary/aromatic N) is 4. The third kappa shape index (κ3) is 5.20. The summed E-state index contributed by atoms with van der Waals surface area (Å²) in [7, 11) is 1.89. The van der Waals surface area contributed by atoms with Gasteiger partial charge < -0.3 is 9.64 Å². The van der Waals surface area contributed by atoms with Crippen molar-refractivity contribution in [1.82, 2.24) is 19.7 Å². The molecule has 0 aliphatic heterocycles. The number of pyridine rings is 1. The molecule has 8 heteroatoms. The lowest BCUT2D eigenvalue weighted by Gasteiger charge is -2.20. The molecular formula is C22H24F2N4O2. The van der Waals surface area contributed by atoms with Gasteiger partial charge in [-0.1, -0.05) is 24.3 Å². The Bertz CT molecular complexity index is 1000. The van der Waals surface area contributed by atoms with E-state index in [-0.39, 0.29) is 5.88 Å². The molecule has 1 amide bonds. The Labute approximate surface area is 174 Å². The molecule has 0 fully saturated rings. The van der Waals surface area contributed by atoms with Crippen LogP contribution < -0.4 is 4.74 Å². The van der Waals surface area contributed by atoms with Crippen molar-refractivity contribution in [3.8, 4) is 17.0 Å². The summed E-state index contributed by atoms with van der Waals surface area (Å²) in [5, 5.41) is 4.36. The highest BCUT2D eigenvalue weighted by atomic mass is 19.3. The molecule has 0 N–H and O–H groups in total. The summed E-state index contributed by atoms with van der Waals surface area (Å²) in [6.07, 6.45) is 1.68. The minimum atomic E-state index is -2.57. The largest absolute Gasteiger partial charge is 0.471 e. The number of halogens is 2. The second-order valence-electron chi connectivity index (χ2n) is 7.11. The summed E-state index contributed by atoms with van der Waals surface area (Å²) in [4.78, 5) is 17.3. The van der Waals surface area contributed by atoms with Crippen molar-refractivity contribution in [2.75, 3.05) is 6.61 Å². The second kappa shape index (κ2) is 9.47. The Morgan fingerprint density at radius 1 is 1.17 bits per heavy atom. The summed E-state index contributed by atoms with van der Waals surface area (Å²) < 4.78 is 31.7. The van der Waals surface area contributed by atoms with E-state index in [0.29, 0.717) is 18.7 Å². The Balaban J connectivity index is 1.69. The van der Waals surface area contributed by atoms with Crippen LogP contribution in [0.4, 0.5) is 8.78 Å². The minimum absolute atomic E-state index is 0.162. The molecule has 3 aromatic rings. The van der Waals surface area contributed by atoms with E-state index in [0.717, 1.165) is 34.4 Å². The highest BCUT2D eigenvalue weighted by Crippen LogP contribution is 2.24. The molecule has 0 saturated carbocycles. The van der Waals surface area contributed by atoms with E-state index in [2.05, 4.69) is 10.1 Å². The van der Waals surface area contributed by atoms with Crippen LogP contribution in [0.15, 0.2) is 42.7 Å². The van der Waals surface area contributed by atoms with E-state index in [9.17, 15) is 13.6 Å². The van der Waals surface area contributed by atoms with E-state index >= 15 is 0 Å². The van der Waals surface area contributed by atoms with Gasteiger partial charge in [0.25, 0.3) is 6.43 Å². The van der Waals surface area contributed by atoms with Crippen molar-refractivity contribution in [3.63, 3.8) is 0 Å². The summed E-state index contributed by atoms with van der Waals surface area (Å²) >= 11 is 0. The van der Waals surface area contributed by atoms with Crippen LogP contribution >= 0.6 is 0 Å². The number of rotatable bonds is 9. The highest BCUT2D eigenvalue weighted by Gasteiger charge is 2.13. The van der Waals surface area contributed by atoms with E-state index in [1.165, 1.54) is 6.20 Å². The zero-order valence-electron chi connectivity index (χ0n) is 17.2. The van der Waals surface area contributed by atoms with Crippen LogP contribution in [0.25, 0.3) is 11.1 Å². The second-order valence-corrected chi connectivity index (χ2v) is 7.11. The average Bonchev–Trinajstić information content (AvgIpc) is 3.06. The molecule has 2 heterocycles. The van der Waals surface area contributed by atoms with Crippen molar-refractivity contribution >= 4 is 6.41 Å². The fraction of sp³-hybridized carbons (Fsp3) is 0.318. The number of hydrogen-bond donors (Lipinski definition) is 0. The number of aromatic nitrogens is 3. The SMILES string of the molecule is Cc1nn(C)cc1-c1ccc(CN(C=O)Cc2ccnc(OCC(F)F)c2C)cc1. The third-order valence-electron chi connectivity index (χ3n) is 4.80. The molecule has 6 nitrogen and oxygen atoms in total. The van der Waals surface area contributed by atoms with Crippen molar-refractivity contribution in [3.05, 3.63) is 65.1 Å². The van der Waals surface area contributed by atoms with Crippen molar-refractivity contribution in [2.24, 2.45) is 7.05 Å². The number of alkyl halides is 2. The smallest absolute Gasteiger partial charge is 0.272 e. The maximum Gasteiger partial charge on any atom is 0.272 e. The van der Waals surface area contributed by atoms with E-state index < -0.39 is 13.0 Å². The first-order valence-corrected chi connectivity index (χ1v) is 9.51. The first kappa shape index (κ1) is 21.4. The van der Waals surface area contributed by atoms with Crippen molar-refractivity contribution in [2.45, 2.75) is 33.4 Å². The fourth-order valence-corrected chi connectivity index (χ4v) is 3.27. The van der Waals surface area contributed by atoms with Crippen molar-refractivity contribution in [1.29, 1.82) is 0 Å². The monoisotopic (exact) mass is 414 g/mol. The van der Waals surface area contributed by atoms with Crippen LogP contribution in [-0.2, 0) is 24.9 Å². The summed E-state index contributed by atoms with van der Waals surface area (Å²) in [5.74, 6) is 0.162. The predicted octanol–water partition coefficient (Wildman–Crippen LogP) is 3.90. The molecule has 0 radical (unpaired) electrons. The van der Waals surface area contributed by atoms with Crippen LogP contribution in [0.2, 0.25) is 0 Å². The number of benzene rings is 1. The van der Waals surface area contributed by atoms with Crippen molar-refractivity contribution < 1.29 is 18.3 Å².